The average molecular weight is 288 g/mol. The van der Waals surface area contributed by atoms with E-state index >= 15 is 0 Å². The van der Waals surface area contributed by atoms with E-state index in [1.807, 2.05) is 6.07 Å². The molecule has 0 amide bonds. The van der Waals surface area contributed by atoms with E-state index in [0.717, 1.165) is 10.5 Å². The third-order valence-electron chi connectivity index (χ3n) is 2.09. The average Bonchev–Trinajstić information content (AvgIpc) is 2.28. The minimum atomic E-state index is -0.240. The second kappa shape index (κ2) is 5.71. The van der Waals surface area contributed by atoms with Crippen LogP contribution in [0.1, 0.15) is 5.56 Å². The summed E-state index contributed by atoms with van der Waals surface area (Å²) in [4.78, 5) is 4.82. The molecule has 0 N–H and O–H groups in total. The highest BCUT2D eigenvalue weighted by Crippen LogP contribution is 2.27. The monoisotopic (exact) mass is 287 g/mol. The third kappa shape index (κ3) is 3.60. The Bertz CT molecular complexity index is 534. The Morgan fingerprint density at radius 1 is 1.24 bits per heavy atom. The van der Waals surface area contributed by atoms with Gasteiger partial charge in [0.05, 0.1) is 0 Å². The first kappa shape index (κ1) is 12.7. The van der Waals surface area contributed by atoms with Crippen LogP contribution < -0.4 is 0 Å². The minimum absolute atomic E-state index is 0.240. The van der Waals surface area contributed by atoms with Gasteiger partial charge in [-0.3, -0.25) is 0 Å². The van der Waals surface area contributed by atoms with Crippen LogP contribution in [-0.4, -0.2) is 4.98 Å². The number of aromatic nitrogens is 1. The Morgan fingerprint density at radius 2 is 2.06 bits per heavy atom. The maximum Gasteiger partial charge on any atom is 0.130 e. The van der Waals surface area contributed by atoms with Crippen molar-refractivity contribution in [3.8, 4) is 0 Å². The van der Waals surface area contributed by atoms with Gasteiger partial charge in [-0.2, -0.15) is 0 Å². The van der Waals surface area contributed by atoms with Crippen molar-refractivity contribution in [3.63, 3.8) is 0 Å². The summed E-state index contributed by atoms with van der Waals surface area (Å²) >= 11 is 13.2. The molecule has 0 radical (unpaired) electrons. The number of hydrogen-bond donors (Lipinski definition) is 0. The van der Waals surface area contributed by atoms with E-state index in [1.54, 1.807) is 18.3 Å². The van der Waals surface area contributed by atoms with Gasteiger partial charge >= 0.3 is 0 Å². The zero-order valence-electron chi connectivity index (χ0n) is 8.66. The lowest BCUT2D eigenvalue weighted by Gasteiger charge is -2.04. The van der Waals surface area contributed by atoms with E-state index in [-0.39, 0.29) is 5.82 Å². The van der Waals surface area contributed by atoms with Gasteiger partial charge in [-0.15, -0.1) is 11.8 Å². The summed E-state index contributed by atoms with van der Waals surface area (Å²) < 4.78 is 13.0. The zero-order chi connectivity index (χ0) is 12.3. The molecule has 0 unspecified atom stereocenters. The fraction of sp³-hybridized carbons (Fsp3) is 0.0833. The first-order valence-electron chi connectivity index (χ1n) is 4.83. The molecule has 2 rings (SSSR count). The van der Waals surface area contributed by atoms with Crippen molar-refractivity contribution in [3.05, 3.63) is 58.1 Å². The number of hydrogen-bond acceptors (Lipinski definition) is 2. The lowest BCUT2D eigenvalue weighted by molar-refractivity contribution is 0.624. The molecule has 2 aromatic rings. The SMILES string of the molecule is Fc1cccc(SCc2cnc(Cl)cc2Cl)c1. The second-order valence-corrected chi connectivity index (χ2v) is 5.19. The fourth-order valence-corrected chi connectivity index (χ4v) is 2.69. The van der Waals surface area contributed by atoms with Gasteiger partial charge < -0.3 is 0 Å². The Hall–Kier alpha value is -0.770. The van der Waals surface area contributed by atoms with Crippen LogP contribution in [0.3, 0.4) is 0 Å². The van der Waals surface area contributed by atoms with E-state index in [0.29, 0.717) is 15.9 Å². The van der Waals surface area contributed by atoms with Crippen LogP contribution in [-0.2, 0) is 5.75 Å². The van der Waals surface area contributed by atoms with E-state index in [1.165, 1.54) is 23.9 Å². The molecule has 1 heterocycles. The van der Waals surface area contributed by atoms with Gasteiger partial charge in [0.15, 0.2) is 0 Å². The van der Waals surface area contributed by atoms with Crippen molar-refractivity contribution in [2.45, 2.75) is 10.6 Å². The summed E-state index contributed by atoms with van der Waals surface area (Å²) in [7, 11) is 0. The molecule has 0 aliphatic rings. The van der Waals surface area contributed by atoms with Crippen molar-refractivity contribution in [1.82, 2.24) is 4.98 Å². The van der Waals surface area contributed by atoms with Crippen LogP contribution in [0.5, 0.6) is 0 Å². The van der Waals surface area contributed by atoms with Gasteiger partial charge in [0.2, 0.25) is 0 Å². The van der Waals surface area contributed by atoms with Gasteiger partial charge in [-0.1, -0.05) is 29.3 Å². The summed E-state index contributed by atoms with van der Waals surface area (Å²) in [5.41, 5.74) is 0.880. The van der Waals surface area contributed by atoms with Crippen molar-refractivity contribution < 1.29 is 4.39 Å². The lowest BCUT2D eigenvalue weighted by atomic mass is 10.3. The van der Waals surface area contributed by atoms with Crippen molar-refractivity contribution in [2.24, 2.45) is 0 Å². The number of nitrogens with zero attached hydrogens (tertiary/aromatic N) is 1. The Balaban J connectivity index is 2.07. The van der Waals surface area contributed by atoms with Gasteiger partial charge in [0.1, 0.15) is 11.0 Å². The molecule has 0 aliphatic carbocycles. The highest BCUT2D eigenvalue weighted by atomic mass is 35.5. The summed E-state index contributed by atoms with van der Waals surface area (Å²) in [6.07, 6.45) is 1.64. The summed E-state index contributed by atoms with van der Waals surface area (Å²) in [6.45, 7) is 0. The predicted molar refractivity (Wildman–Crippen MR) is 70.2 cm³/mol. The minimum Gasteiger partial charge on any atom is -0.244 e. The van der Waals surface area contributed by atoms with Gasteiger partial charge in [-0.05, 0) is 29.8 Å². The maximum absolute atomic E-state index is 13.0. The Kier molecular flexibility index (Phi) is 4.26. The molecular formula is C12H8Cl2FNS. The zero-order valence-corrected chi connectivity index (χ0v) is 11.0. The van der Waals surface area contributed by atoms with Crippen LogP contribution in [0.15, 0.2) is 41.4 Å². The molecule has 0 saturated heterocycles. The number of pyridine rings is 1. The normalized spacial score (nSPS) is 10.5. The van der Waals surface area contributed by atoms with E-state index in [4.69, 9.17) is 23.2 Å². The van der Waals surface area contributed by atoms with E-state index in [9.17, 15) is 4.39 Å². The van der Waals surface area contributed by atoms with Crippen molar-refractivity contribution in [1.29, 1.82) is 0 Å². The lowest BCUT2D eigenvalue weighted by Crippen LogP contribution is -1.86. The van der Waals surface area contributed by atoms with Crippen LogP contribution >= 0.6 is 35.0 Å². The molecule has 1 nitrogen and oxygen atoms in total. The molecule has 88 valence electrons. The fourth-order valence-electron chi connectivity index (χ4n) is 1.26. The number of benzene rings is 1. The molecular weight excluding hydrogens is 280 g/mol. The molecule has 0 fully saturated rings. The van der Waals surface area contributed by atoms with Crippen molar-refractivity contribution in [2.75, 3.05) is 0 Å². The topological polar surface area (TPSA) is 12.9 Å². The predicted octanol–water partition coefficient (Wildman–Crippen LogP) is 4.82. The quantitative estimate of drug-likeness (QED) is 0.593. The third-order valence-corrected chi connectivity index (χ3v) is 3.69. The highest BCUT2D eigenvalue weighted by molar-refractivity contribution is 7.98. The Labute approximate surface area is 113 Å². The highest BCUT2D eigenvalue weighted by Gasteiger charge is 2.04. The number of thioether (sulfide) groups is 1. The molecule has 0 spiro atoms. The smallest absolute Gasteiger partial charge is 0.130 e. The first-order chi connectivity index (χ1) is 8.15. The molecule has 0 saturated carbocycles. The molecule has 0 atom stereocenters. The number of rotatable bonds is 3. The number of halogens is 3. The molecule has 0 aliphatic heterocycles. The maximum atomic E-state index is 13.0. The standard InChI is InChI=1S/C12H8Cl2FNS/c13-11-5-12(14)16-6-8(11)7-17-10-3-1-2-9(15)4-10/h1-6H,7H2. The van der Waals surface area contributed by atoms with Crippen LogP contribution in [0, 0.1) is 5.82 Å². The largest absolute Gasteiger partial charge is 0.244 e. The van der Waals surface area contributed by atoms with Crippen LogP contribution in [0.4, 0.5) is 4.39 Å². The summed E-state index contributed by atoms with van der Waals surface area (Å²) in [5.74, 6) is 0.391. The van der Waals surface area contributed by atoms with E-state index < -0.39 is 0 Å². The molecule has 0 bridgehead atoms. The molecule has 17 heavy (non-hydrogen) atoms. The second-order valence-electron chi connectivity index (χ2n) is 3.34. The molecule has 5 heteroatoms. The van der Waals surface area contributed by atoms with Gasteiger partial charge in [0, 0.05) is 21.9 Å². The van der Waals surface area contributed by atoms with Crippen molar-refractivity contribution >= 4 is 35.0 Å². The van der Waals surface area contributed by atoms with Gasteiger partial charge in [-0.25, -0.2) is 9.37 Å². The van der Waals surface area contributed by atoms with Crippen LogP contribution in [0.25, 0.3) is 0 Å². The van der Waals surface area contributed by atoms with Crippen LogP contribution in [0.2, 0.25) is 10.2 Å². The summed E-state index contributed by atoms with van der Waals surface area (Å²) in [6, 6.07) is 8.04. The molecule has 1 aromatic heterocycles. The molecule has 1 aromatic carbocycles. The van der Waals surface area contributed by atoms with Gasteiger partial charge in [0.25, 0.3) is 0 Å². The van der Waals surface area contributed by atoms with E-state index in [2.05, 4.69) is 4.98 Å². The Morgan fingerprint density at radius 3 is 2.76 bits per heavy atom. The first-order valence-corrected chi connectivity index (χ1v) is 6.57. The summed E-state index contributed by atoms with van der Waals surface area (Å²) in [5, 5.41) is 0.948.